The first-order chi connectivity index (χ1) is 7.70. The van der Waals surface area contributed by atoms with Gasteiger partial charge >= 0.3 is 0 Å². The van der Waals surface area contributed by atoms with Gasteiger partial charge in [-0.15, -0.1) is 0 Å². The van der Waals surface area contributed by atoms with Crippen LogP contribution >= 0.6 is 0 Å². The molecular weight excluding hydrogens is 196 g/mol. The number of nitrogens with two attached hydrogens (primary N) is 1. The molecule has 0 saturated carbocycles. The van der Waals surface area contributed by atoms with Gasteiger partial charge in [-0.1, -0.05) is 29.8 Å². The molecule has 0 aromatic heterocycles. The first-order valence-corrected chi connectivity index (χ1v) is 6.16. The predicted octanol–water partition coefficient (Wildman–Crippen LogP) is 1.99. The Morgan fingerprint density at radius 2 is 2.31 bits per heavy atom. The molecule has 1 aromatic carbocycles. The highest BCUT2D eigenvalue weighted by atomic mass is 15.1. The molecule has 0 radical (unpaired) electrons. The summed E-state index contributed by atoms with van der Waals surface area (Å²) in [6, 6.07) is 8.81. The van der Waals surface area contributed by atoms with Gasteiger partial charge in [-0.3, -0.25) is 0 Å². The molecule has 2 nitrogen and oxygen atoms in total. The molecule has 2 unspecified atom stereocenters. The van der Waals surface area contributed by atoms with Crippen molar-refractivity contribution in [2.24, 2.45) is 11.7 Å². The highest BCUT2D eigenvalue weighted by Crippen LogP contribution is 2.31. The van der Waals surface area contributed by atoms with Crippen molar-refractivity contribution >= 4 is 0 Å². The molecule has 2 atom stereocenters. The molecule has 2 N–H and O–H groups in total. The van der Waals surface area contributed by atoms with Gasteiger partial charge in [-0.2, -0.15) is 0 Å². The average Bonchev–Trinajstić information content (AvgIpc) is 2.66. The molecule has 1 heterocycles. The van der Waals surface area contributed by atoms with Gasteiger partial charge in [0.15, 0.2) is 0 Å². The van der Waals surface area contributed by atoms with E-state index in [-0.39, 0.29) is 0 Å². The van der Waals surface area contributed by atoms with Crippen molar-refractivity contribution < 1.29 is 0 Å². The summed E-state index contributed by atoms with van der Waals surface area (Å²) in [6.07, 6.45) is 1.28. The minimum atomic E-state index is 0.532. The number of rotatable bonds is 3. The van der Waals surface area contributed by atoms with Crippen LogP contribution in [0.25, 0.3) is 0 Å². The summed E-state index contributed by atoms with van der Waals surface area (Å²) in [5.41, 5.74) is 8.72. The Morgan fingerprint density at radius 3 is 2.88 bits per heavy atom. The zero-order valence-corrected chi connectivity index (χ0v) is 10.3. The normalized spacial score (nSPS) is 23.6. The summed E-state index contributed by atoms with van der Waals surface area (Å²) in [5, 5.41) is 0. The first kappa shape index (κ1) is 11.6. The maximum absolute atomic E-state index is 5.96. The van der Waals surface area contributed by atoms with Crippen molar-refractivity contribution in [3.63, 3.8) is 0 Å². The second-order valence-electron chi connectivity index (χ2n) is 5.07. The molecule has 0 bridgehead atoms. The molecule has 1 fully saturated rings. The van der Waals surface area contributed by atoms with Gasteiger partial charge in [0.1, 0.15) is 0 Å². The highest BCUT2D eigenvalue weighted by Gasteiger charge is 2.27. The van der Waals surface area contributed by atoms with Crippen LogP contribution in [0.4, 0.5) is 0 Å². The Labute approximate surface area is 98.4 Å². The quantitative estimate of drug-likeness (QED) is 0.840. The number of hydrogen-bond acceptors (Lipinski definition) is 2. The number of likely N-dealkylation sites (tertiary alicyclic amines) is 1. The molecule has 0 amide bonds. The van der Waals surface area contributed by atoms with Gasteiger partial charge < -0.3 is 10.6 Å². The fraction of sp³-hybridized carbons (Fsp3) is 0.571. The minimum absolute atomic E-state index is 0.532. The molecule has 1 aliphatic heterocycles. The summed E-state index contributed by atoms with van der Waals surface area (Å²) in [5.74, 6) is 1.27. The molecule has 0 spiro atoms. The maximum Gasteiger partial charge on any atom is 0.00134 e. The summed E-state index contributed by atoms with van der Waals surface area (Å²) in [4.78, 5) is 2.41. The van der Waals surface area contributed by atoms with Gasteiger partial charge in [0, 0.05) is 12.5 Å². The zero-order chi connectivity index (χ0) is 11.5. The number of benzene rings is 1. The van der Waals surface area contributed by atoms with Crippen LogP contribution in [0.15, 0.2) is 24.3 Å². The second kappa shape index (κ2) is 4.98. The van der Waals surface area contributed by atoms with E-state index in [0.717, 1.165) is 12.5 Å². The van der Waals surface area contributed by atoms with Gasteiger partial charge in [0.2, 0.25) is 0 Å². The van der Waals surface area contributed by atoms with E-state index in [1.165, 1.54) is 30.6 Å². The lowest BCUT2D eigenvalue weighted by Gasteiger charge is -2.22. The van der Waals surface area contributed by atoms with Gasteiger partial charge in [0.25, 0.3) is 0 Å². The summed E-state index contributed by atoms with van der Waals surface area (Å²) in [6.45, 7) is 5.32. The van der Waals surface area contributed by atoms with Crippen LogP contribution in [0, 0.1) is 12.8 Å². The summed E-state index contributed by atoms with van der Waals surface area (Å²) >= 11 is 0. The standard InChI is InChI=1S/C14H22N2/c1-11-4-3-5-12(8-11)14(9-15)13-6-7-16(2)10-13/h3-5,8,13-14H,6-7,9-10,15H2,1-2H3. The molecule has 2 rings (SSSR count). The average molecular weight is 218 g/mol. The van der Waals surface area contributed by atoms with Crippen LogP contribution in [0.1, 0.15) is 23.5 Å². The topological polar surface area (TPSA) is 29.3 Å². The van der Waals surface area contributed by atoms with E-state index >= 15 is 0 Å². The fourth-order valence-electron chi connectivity index (χ4n) is 2.80. The van der Waals surface area contributed by atoms with E-state index in [2.05, 4.69) is 43.1 Å². The highest BCUT2D eigenvalue weighted by molar-refractivity contribution is 5.26. The van der Waals surface area contributed by atoms with Gasteiger partial charge in [-0.05, 0) is 45.0 Å². The van der Waals surface area contributed by atoms with Crippen molar-refractivity contribution in [1.82, 2.24) is 4.90 Å². The second-order valence-corrected chi connectivity index (χ2v) is 5.07. The van der Waals surface area contributed by atoms with Crippen molar-refractivity contribution in [1.29, 1.82) is 0 Å². The monoisotopic (exact) mass is 218 g/mol. The SMILES string of the molecule is Cc1cccc(C(CN)C2CCN(C)C2)c1. The van der Waals surface area contributed by atoms with E-state index in [4.69, 9.17) is 5.73 Å². The predicted molar refractivity (Wildman–Crippen MR) is 68.6 cm³/mol. The van der Waals surface area contributed by atoms with Crippen molar-refractivity contribution in [3.8, 4) is 0 Å². The van der Waals surface area contributed by atoms with E-state index in [0.29, 0.717) is 5.92 Å². The molecule has 2 heteroatoms. The number of nitrogens with zero attached hydrogens (tertiary/aromatic N) is 1. The van der Waals surface area contributed by atoms with Crippen LogP contribution in [-0.4, -0.2) is 31.6 Å². The largest absolute Gasteiger partial charge is 0.330 e. The van der Waals surface area contributed by atoms with Crippen LogP contribution in [0.2, 0.25) is 0 Å². The Bertz CT molecular complexity index is 348. The lowest BCUT2D eigenvalue weighted by atomic mass is 9.85. The Balaban J connectivity index is 2.16. The van der Waals surface area contributed by atoms with E-state index < -0.39 is 0 Å². The van der Waals surface area contributed by atoms with Crippen molar-refractivity contribution in [3.05, 3.63) is 35.4 Å². The summed E-state index contributed by atoms with van der Waals surface area (Å²) in [7, 11) is 2.20. The molecule has 1 saturated heterocycles. The van der Waals surface area contributed by atoms with Crippen LogP contribution in [0.3, 0.4) is 0 Å². The van der Waals surface area contributed by atoms with Crippen LogP contribution in [0.5, 0.6) is 0 Å². The lowest BCUT2D eigenvalue weighted by molar-refractivity contribution is 0.371. The van der Waals surface area contributed by atoms with Crippen LogP contribution < -0.4 is 5.73 Å². The van der Waals surface area contributed by atoms with E-state index in [9.17, 15) is 0 Å². The smallest absolute Gasteiger partial charge is 0.00134 e. The third-order valence-electron chi connectivity index (χ3n) is 3.72. The molecular formula is C14H22N2. The number of aryl methyl sites for hydroxylation is 1. The van der Waals surface area contributed by atoms with E-state index in [1.807, 2.05) is 0 Å². The Kier molecular flexibility index (Phi) is 3.62. The number of hydrogen-bond donors (Lipinski definition) is 1. The minimum Gasteiger partial charge on any atom is -0.330 e. The van der Waals surface area contributed by atoms with Crippen molar-refractivity contribution in [2.75, 3.05) is 26.7 Å². The molecule has 88 valence electrons. The Morgan fingerprint density at radius 1 is 1.50 bits per heavy atom. The van der Waals surface area contributed by atoms with Gasteiger partial charge in [-0.25, -0.2) is 0 Å². The third-order valence-corrected chi connectivity index (χ3v) is 3.72. The van der Waals surface area contributed by atoms with Crippen molar-refractivity contribution in [2.45, 2.75) is 19.3 Å². The Hall–Kier alpha value is -0.860. The summed E-state index contributed by atoms with van der Waals surface area (Å²) < 4.78 is 0. The fourth-order valence-corrected chi connectivity index (χ4v) is 2.80. The molecule has 0 aliphatic carbocycles. The van der Waals surface area contributed by atoms with E-state index in [1.54, 1.807) is 0 Å². The lowest BCUT2D eigenvalue weighted by Crippen LogP contribution is -2.24. The third kappa shape index (κ3) is 2.45. The molecule has 1 aliphatic rings. The zero-order valence-electron chi connectivity index (χ0n) is 10.3. The van der Waals surface area contributed by atoms with Crippen LogP contribution in [-0.2, 0) is 0 Å². The van der Waals surface area contributed by atoms with Gasteiger partial charge in [0.05, 0.1) is 0 Å². The molecule has 1 aromatic rings. The first-order valence-electron chi connectivity index (χ1n) is 6.16. The molecule has 16 heavy (non-hydrogen) atoms. The maximum atomic E-state index is 5.96.